The second-order valence-corrected chi connectivity index (χ2v) is 2.16. The van der Waals surface area contributed by atoms with Crippen molar-refractivity contribution in [1.82, 2.24) is 5.32 Å². The Kier molecular flexibility index (Phi) is 4.98. The molecule has 9 heavy (non-hydrogen) atoms. The molecule has 1 heterocycles. The van der Waals surface area contributed by atoms with Gasteiger partial charge in [0.2, 0.25) is 5.91 Å². The fourth-order valence-corrected chi connectivity index (χ4v) is 0.904. The zero-order valence-corrected chi connectivity index (χ0v) is 8.62. The first-order chi connectivity index (χ1) is 3.89. The van der Waals surface area contributed by atoms with Crippen LogP contribution in [0.15, 0.2) is 0 Å². The molecular formula is C6H11NOZn. The van der Waals surface area contributed by atoms with Crippen molar-refractivity contribution in [1.29, 1.82) is 0 Å². The Hall–Kier alpha value is 0.0934. The van der Waals surface area contributed by atoms with E-state index < -0.39 is 0 Å². The van der Waals surface area contributed by atoms with Gasteiger partial charge in [0.05, 0.1) is 0 Å². The Morgan fingerprint density at radius 1 is 1.22 bits per heavy atom. The van der Waals surface area contributed by atoms with Crippen LogP contribution in [0.3, 0.4) is 0 Å². The van der Waals surface area contributed by atoms with Crippen molar-refractivity contribution in [2.24, 2.45) is 0 Å². The number of nitrogens with one attached hydrogen (secondary N) is 1. The Bertz CT molecular complexity index is 85.1. The molecule has 0 aromatic rings. The Labute approximate surface area is 68.2 Å². The average Bonchev–Trinajstić information content (AvgIpc) is 1.94. The summed E-state index contributed by atoms with van der Waals surface area (Å²) in [6.45, 7) is 0.888. The minimum atomic E-state index is 0. The van der Waals surface area contributed by atoms with Gasteiger partial charge in [0.15, 0.2) is 0 Å². The van der Waals surface area contributed by atoms with Gasteiger partial charge in [0.1, 0.15) is 0 Å². The summed E-state index contributed by atoms with van der Waals surface area (Å²) in [5.74, 6) is 0.225. The maximum atomic E-state index is 10.6. The summed E-state index contributed by atoms with van der Waals surface area (Å²) in [6.07, 6.45) is 4.18. The van der Waals surface area contributed by atoms with Gasteiger partial charge >= 0.3 is 0 Å². The van der Waals surface area contributed by atoms with Crippen LogP contribution < -0.4 is 5.32 Å². The molecule has 0 saturated carbocycles. The summed E-state index contributed by atoms with van der Waals surface area (Å²) in [7, 11) is 0. The molecule has 1 aliphatic rings. The van der Waals surface area contributed by atoms with Gasteiger partial charge in [-0.2, -0.15) is 0 Å². The van der Waals surface area contributed by atoms with Crippen LogP contribution in [0.4, 0.5) is 0 Å². The standard InChI is InChI=1S/C6H11NO.Zn/c8-6-4-2-1-3-5-7-6;/h1-5H2,(H,7,8);. The van der Waals surface area contributed by atoms with Crippen LogP contribution in [0.1, 0.15) is 25.7 Å². The van der Waals surface area contributed by atoms with Crippen LogP contribution in [-0.2, 0) is 24.3 Å². The number of carbonyl (C=O) groups is 1. The number of amides is 1. The van der Waals surface area contributed by atoms with Gasteiger partial charge in [0, 0.05) is 32.4 Å². The third-order valence-electron chi connectivity index (χ3n) is 1.40. The molecule has 0 aromatic carbocycles. The normalized spacial score (nSPS) is 19.3. The molecule has 48 valence electrons. The van der Waals surface area contributed by atoms with E-state index in [-0.39, 0.29) is 25.4 Å². The van der Waals surface area contributed by atoms with Crippen LogP contribution in [0.5, 0.6) is 0 Å². The number of carbonyl (C=O) groups excluding carboxylic acids is 1. The molecule has 1 amide bonds. The molecular weight excluding hydrogens is 167 g/mol. The van der Waals surface area contributed by atoms with Crippen LogP contribution in [0, 0.1) is 0 Å². The summed E-state index contributed by atoms with van der Waals surface area (Å²) in [4.78, 5) is 10.6. The molecule has 1 aliphatic heterocycles. The van der Waals surface area contributed by atoms with E-state index in [2.05, 4.69) is 5.32 Å². The van der Waals surface area contributed by atoms with Gasteiger partial charge in [-0.25, -0.2) is 0 Å². The van der Waals surface area contributed by atoms with Gasteiger partial charge < -0.3 is 5.32 Å². The smallest absolute Gasteiger partial charge is 0.219 e. The SMILES string of the molecule is O=C1CCCCCN1.[Zn]. The molecule has 0 atom stereocenters. The Morgan fingerprint density at radius 3 is 2.78 bits per heavy atom. The molecule has 0 aliphatic carbocycles. The predicted octanol–water partition coefficient (Wildman–Crippen LogP) is 0.674. The van der Waals surface area contributed by atoms with Crippen molar-refractivity contribution in [3.8, 4) is 0 Å². The molecule has 2 nitrogen and oxygen atoms in total. The zero-order valence-electron chi connectivity index (χ0n) is 5.65. The molecule has 1 rings (SSSR count). The quantitative estimate of drug-likeness (QED) is 0.543. The van der Waals surface area contributed by atoms with E-state index in [1.807, 2.05) is 0 Å². The minimum absolute atomic E-state index is 0. The molecule has 3 heteroatoms. The van der Waals surface area contributed by atoms with Crippen molar-refractivity contribution in [2.45, 2.75) is 25.7 Å². The zero-order chi connectivity index (χ0) is 5.82. The van der Waals surface area contributed by atoms with E-state index in [0.717, 1.165) is 25.8 Å². The third-order valence-corrected chi connectivity index (χ3v) is 1.40. The average molecular weight is 179 g/mol. The first-order valence-corrected chi connectivity index (χ1v) is 3.16. The second kappa shape index (κ2) is 4.92. The molecule has 1 fully saturated rings. The topological polar surface area (TPSA) is 29.1 Å². The minimum Gasteiger partial charge on any atom is -0.356 e. The molecule has 0 aromatic heterocycles. The van der Waals surface area contributed by atoms with Crippen LogP contribution in [-0.4, -0.2) is 12.5 Å². The van der Waals surface area contributed by atoms with Crippen molar-refractivity contribution in [2.75, 3.05) is 6.54 Å². The van der Waals surface area contributed by atoms with E-state index in [9.17, 15) is 4.79 Å². The fourth-order valence-electron chi connectivity index (χ4n) is 0.904. The van der Waals surface area contributed by atoms with Gasteiger partial charge in [0.25, 0.3) is 0 Å². The number of rotatable bonds is 0. The molecule has 0 radical (unpaired) electrons. The Balaban J connectivity index is 0.000000640. The van der Waals surface area contributed by atoms with E-state index >= 15 is 0 Å². The van der Waals surface area contributed by atoms with Gasteiger partial charge in [-0.1, -0.05) is 6.42 Å². The van der Waals surface area contributed by atoms with E-state index in [0.29, 0.717) is 0 Å². The first kappa shape index (κ1) is 9.09. The van der Waals surface area contributed by atoms with Crippen molar-refractivity contribution in [3.05, 3.63) is 0 Å². The summed E-state index contributed by atoms with van der Waals surface area (Å²) < 4.78 is 0. The van der Waals surface area contributed by atoms with E-state index in [4.69, 9.17) is 0 Å². The monoisotopic (exact) mass is 177 g/mol. The van der Waals surface area contributed by atoms with Crippen LogP contribution in [0.2, 0.25) is 0 Å². The molecule has 0 unspecified atom stereocenters. The summed E-state index contributed by atoms with van der Waals surface area (Å²) in [6, 6.07) is 0. The van der Waals surface area contributed by atoms with Crippen molar-refractivity contribution >= 4 is 5.91 Å². The van der Waals surface area contributed by atoms with Crippen molar-refractivity contribution in [3.63, 3.8) is 0 Å². The Morgan fingerprint density at radius 2 is 2.00 bits per heavy atom. The first-order valence-electron chi connectivity index (χ1n) is 3.16. The molecule has 0 bridgehead atoms. The second-order valence-electron chi connectivity index (χ2n) is 2.16. The fraction of sp³-hybridized carbons (Fsp3) is 0.833. The third kappa shape index (κ3) is 3.63. The van der Waals surface area contributed by atoms with Gasteiger partial charge in [-0.05, 0) is 12.8 Å². The summed E-state index contributed by atoms with van der Waals surface area (Å²) in [5, 5.41) is 2.81. The largest absolute Gasteiger partial charge is 0.356 e. The molecule has 1 N–H and O–H groups in total. The van der Waals surface area contributed by atoms with Gasteiger partial charge in [-0.3, -0.25) is 4.79 Å². The summed E-state index contributed by atoms with van der Waals surface area (Å²) in [5.41, 5.74) is 0. The number of hydrogen-bond acceptors (Lipinski definition) is 1. The maximum absolute atomic E-state index is 10.6. The van der Waals surface area contributed by atoms with Gasteiger partial charge in [-0.15, -0.1) is 0 Å². The van der Waals surface area contributed by atoms with Crippen LogP contribution >= 0.6 is 0 Å². The maximum Gasteiger partial charge on any atom is 0.219 e. The number of hydrogen-bond donors (Lipinski definition) is 1. The van der Waals surface area contributed by atoms with E-state index in [1.54, 1.807) is 0 Å². The predicted molar refractivity (Wildman–Crippen MR) is 31.5 cm³/mol. The van der Waals surface area contributed by atoms with Crippen molar-refractivity contribution < 1.29 is 24.3 Å². The van der Waals surface area contributed by atoms with Crippen LogP contribution in [0.25, 0.3) is 0 Å². The van der Waals surface area contributed by atoms with E-state index in [1.165, 1.54) is 6.42 Å². The summed E-state index contributed by atoms with van der Waals surface area (Å²) >= 11 is 0. The molecule has 0 spiro atoms. The molecule has 1 saturated heterocycles.